The summed E-state index contributed by atoms with van der Waals surface area (Å²) in [5.41, 5.74) is 4.66. The first-order valence-electron chi connectivity index (χ1n) is 10.2. The number of amides is 1. The van der Waals surface area contributed by atoms with Gasteiger partial charge in [-0.2, -0.15) is 0 Å². The van der Waals surface area contributed by atoms with Crippen molar-refractivity contribution in [1.82, 2.24) is 25.4 Å². The van der Waals surface area contributed by atoms with E-state index in [4.69, 9.17) is 4.74 Å². The number of rotatable bonds is 5. The van der Waals surface area contributed by atoms with Gasteiger partial charge in [-0.05, 0) is 18.2 Å². The van der Waals surface area contributed by atoms with Gasteiger partial charge in [0.2, 0.25) is 5.95 Å². The molecule has 4 heterocycles. The molecule has 2 saturated heterocycles. The standard InChI is InChI=1S/C20H22FN7O3S/c21-18-11-16(28-4-3-27(24-28)14-26-5-8-31-20(26)29)1-2-17(18)15-12-22-19(23-13-15)25-6-9-32(30)10-7-25/h1-4,11-13,24H,5-10,14H2. The van der Waals surface area contributed by atoms with Gasteiger partial charge in [0.05, 0.1) is 25.3 Å². The van der Waals surface area contributed by atoms with Crippen molar-refractivity contribution in [3.63, 3.8) is 0 Å². The second kappa shape index (κ2) is 8.81. The molecule has 0 aliphatic carbocycles. The molecule has 5 rings (SSSR count). The van der Waals surface area contributed by atoms with Crippen LogP contribution < -0.4 is 15.4 Å². The molecule has 0 bridgehead atoms. The Morgan fingerprint density at radius 2 is 1.94 bits per heavy atom. The van der Waals surface area contributed by atoms with Crippen LogP contribution in [-0.2, 0) is 15.9 Å². The van der Waals surface area contributed by atoms with Gasteiger partial charge in [-0.1, -0.05) is 11.2 Å². The fourth-order valence-corrected chi connectivity index (χ4v) is 4.71. The topological polar surface area (TPSA) is 100 Å². The van der Waals surface area contributed by atoms with E-state index in [-0.39, 0.29) is 6.09 Å². The number of carbonyl (C=O) groups excluding carboxylic acids is 1. The van der Waals surface area contributed by atoms with Crippen LogP contribution in [-0.4, -0.2) is 74.9 Å². The largest absolute Gasteiger partial charge is 0.616 e. The van der Waals surface area contributed by atoms with E-state index in [0.717, 1.165) is 0 Å². The number of aromatic nitrogens is 2. The minimum Gasteiger partial charge on any atom is -0.616 e. The lowest BCUT2D eigenvalue weighted by Crippen LogP contribution is -2.45. The van der Waals surface area contributed by atoms with Gasteiger partial charge in [-0.15, -0.1) is 5.53 Å². The number of nitrogens with zero attached hydrogens (tertiary/aromatic N) is 6. The van der Waals surface area contributed by atoms with Gasteiger partial charge < -0.3 is 14.2 Å². The van der Waals surface area contributed by atoms with Gasteiger partial charge in [0.15, 0.2) is 0 Å². The van der Waals surface area contributed by atoms with Crippen molar-refractivity contribution in [3.8, 4) is 11.1 Å². The van der Waals surface area contributed by atoms with Crippen LogP contribution in [0.25, 0.3) is 11.1 Å². The third-order valence-corrected chi connectivity index (χ3v) is 6.72. The molecule has 1 N–H and O–H groups in total. The number of hydrogen-bond donors (Lipinski definition) is 1. The Morgan fingerprint density at radius 3 is 2.62 bits per heavy atom. The van der Waals surface area contributed by atoms with E-state index in [9.17, 15) is 13.7 Å². The summed E-state index contributed by atoms with van der Waals surface area (Å²) in [6, 6.07) is 4.90. The van der Waals surface area contributed by atoms with Crippen molar-refractivity contribution in [2.24, 2.45) is 0 Å². The monoisotopic (exact) mass is 459 g/mol. The highest BCUT2D eigenvalue weighted by Crippen LogP contribution is 2.27. The van der Waals surface area contributed by atoms with Crippen LogP contribution in [0.1, 0.15) is 0 Å². The minimum atomic E-state index is -0.767. The summed E-state index contributed by atoms with van der Waals surface area (Å²) >= 11 is -0.767. The molecule has 0 spiro atoms. The van der Waals surface area contributed by atoms with Crippen molar-refractivity contribution in [2.75, 3.05) is 54.3 Å². The average molecular weight is 460 g/mol. The molecule has 1 aromatic carbocycles. The number of halogens is 1. The van der Waals surface area contributed by atoms with E-state index in [1.807, 2.05) is 4.90 Å². The van der Waals surface area contributed by atoms with E-state index in [1.165, 1.54) is 6.07 Å². The predicted molar refractivity (Wildman–Crippen MR) is 117 cm³/mol. The quantitative estimate of drug-likeness (QED) is 0.663. The number of ether oxygens (including phenoxy) is 1. The first kappa shape index (κ1) is 20.8. The lowest BCUT2D eigenvalue weighted by molar-refractivity contribution is 0.134. The average Bonchev–Trinajstić information content (AvgIpc) is 3.44. The van der Waals surface area contributed by atoms with Gasteiger partial charge in [-0.25, -0.2) is 19.2 Å². The van der Waals surface area contributed by atoms with Crippen LogP contribution >= 0.6 is 0 Å². The smallest absolute Gasteiger partial charge is 0.411 e. The molecule has 32 heavy (non-hydrogen) atoms. The Kier molecular flexibility index (Phi) is 5.72. The summed E-state index contributed by atoms with van der Waals surface area (Å²) in [5.74, 6) is 1.39. The van der Waals surface area contributed by atoms with Crippen molar-refractivity contribution in [1.29, 1.82) is 0 Å². The van der Waals surface area contributed by atoms with Crippen LogP contribution in [0.4, 0.5) is 20.8 Å². The molecule has 10 nitrogen and oxygen atoms in total. The number of hydrogen-bond acceptors (Lipinski definition) is 9. The molecule has 2 fully saturated rings. The minimum absolute atomic E-state index is 0.322. The van der Waals surface area contributed by atoms with Gasteiger partial charge >= 0.3 is 6.09 Å². The molecule has 3 aliphatic heterocycles. The van der Waals surface area contributed by atoms with E-state index in [2.05, 4.69) is 15.5 Å². The maximum Gasteiger partial charge on any atom is 0.411 e. The lowest BCUT2D eigenvalue weighted by Gasteiger charge is -2.28. The third-order valence-electron chi connectivity index (χ3n) is 5.44. The SMILES string of the molecule is O=C1OCCN1CN1C=CN(c2ccc(-c3cnc(N4CC[S+]([O-])CC4)nc3)c(F)c2)N1. The first-order chi connectivity index (χ1) is 15.6. The lowest BCUT2D eigenvalue weighted by atomic mass is 10.1. The van der Waals surface area contributed by atoms with Crippen LogP contribution in [0.5, 0.6) is 0 Å². The fraction of sp³-hybridized carbons (Fsp3) is 0.350. The molecular weight excluding hydrogens is 437 g/mol. The van der Waals surface area contributed by atoms with Gasteiger partial charge in [0, 0.05) is 35.9 Å². The molecule has 1 amide bonds. The van der Waals surface area contributed by atoms with E-state index in [0.29, 0.717) is 67.2 Å². The van der Waals surface area contributed by atoms with Crippen LogP contribution in [0.15, 0.2) is 43.0 Å². The number of anilines is 2. The van der Waals surface area contributed by atoms with Crippen LogP contribution in [0.3, 0.4) is 0 Å². The van der Waals surface area contributed by atoms with Crippen molar-refractivity contribution in [2.45, 2.75) is 0 Å². The molecule has 0 unspecified atom stereocenters. The number of hydrazine groups is 2. The molecule has 0 saturated carbocycles. The Morgan fingerprint density at radius 1 is 1.16 bits per heavy atom. The molecule has 0 radical (unpaired) electrons. The summed E-state index contributed by atoms with van der Waals surface area (Å²) in [5, 5.41) is 3.37. The van der Waals surface area contributed by atoms with Gasteiger partial charge in [0.1, 0.15) is 30.6 Å². The number of cyclic esters (lactones) is 1. The van der Waals surface area contributed by atoms with Crippen LogP contribution in [0, 0.1) is 5.82 Å². The summed E-state index contributed by atoms with van der Waals surface area (Å²) in [6.07, 6.45) is 6.38. The maximum absolute atomic E-state index is 14.9. The maximum atomic E-state index is 14.9. The number of nitrogens with one attached hydrogen (secondary N) is 1. The Balaban J connectivity index is 1.24. The highest BCUT2D eigenvalue weighted by Gasteiger charge is 2.25. The highest BCUT2D eigenvalue weighted by atomic mass is 32.2. The van der Waals surface area contributed by atoms with E-state index in [1.54, 1.807) is 51.8 Å². The highest BCUT2D eigenvalue weighted by molar-refractivity contribution is 7.91. The fourth-order valence-electron chi connectivity index (χ4n) is 3.66. The molecule has 0 atom stereocenters. The molecule has 168 valence electrons. The van der Waals surface area contributed by atoms with Crippen LogP contribution in [0.2, 0.25) is 0 Å². The van der Waals surface area contributed by atoms with Crippen molar-refractivity contribution < 1.29 is 18.5 Å². The van der Waals surface area contributed by atoms with Crippen molar-refractivity contribution in [3.05, 3.63) is 48.8 Å². The van der Waals surface area contributed by atoms with E-state index < -0.39 is 17.0 Å². The van der Waals surface area contributed by atoms with Crippen molar-refractivity contribution >= 4 is 28.9 Å². The van der Waals surface area contributed by atoms with Gasteiger partial charge in [0.25, 0.3) is 0 Å². The zero-order valence-corrected chi connectivity index (χ0v) is 18.0. The molecule has 2 aromatic rings. The molecule has 3 aliphatic rings. The summed E-state index contributed by atoms with van der Waals surface area (Å²) in [6.45, 7) is 2.55. The summed E-state index contributed by atoms with van der Waals surface area (Å²) < 4.78 is 31.3. The third kappa shape index (κ3) is 4.29. The molecular formula is C20H22FN7O3S. The Labute approximate surface area is 187 Å². The number of benzene rings is 1. The summed E-state index contributed by atoms with van der Waals surface area (Å²) in [7, 11) is 0. The second-order valence-electron chi connectivity index (χ2n) is 7.53. The summed E-state index contributed by atoms with van der Waals surface area (Å²) in [4.78, 5) is 23.9. The number of carbonyl (C=O) groups is 1. The van der Waals surface area contributed by atoms with Gasteiger partial charge in [-0.3, -0.25) is 14.9 Å². The van der Waals surface area contributed by atoms with E-state index >= 15 is 0 Å². The normalized spacial score (nSPS) is 19.2. The Bertz CT molecular complexity index is 1020. The molecule has 1 aromatic heterocycles. The Hall–Kier alpha value is -3.09. The zero-order chi connectivity index (χ0) is 22.1. The molecule has 12 heteroatoms. The zero-order valence-electron chi connectivity index (χ0n) is 17.2. The predicted octanol–water partition coefficient (Wildman–Crippen LogP) is 1.27. The second-order valence-corrected chi connectivity index (χ2v) is 9.22. The first-order valence-corrected chi connectivity index (χ1v) is 11.7.